The summed E-state index contributed by atoms with van der Waals surface area (Å²) in [6, 6.07) is 6.75. The number of hydrogen-bond acceptors (Lipinski definition) is 4. The van der Waals surface area contributed by atoms with Crippen LogP contribution in [0, 0.1) is 18.3 Å². The molecule has 2 aliphatic carbocycles. The molecule has 1 aromatic carbocycles. The van der Waals surface area contributed by atoms with Gasteiger partial charge in [-0.15, -0.1) is 0 Å². The quantitative estimate of drug-likeness (QED) is 0.791. The number of hydrogen-bond donors (Lipinski definition) is 0. The molecular weight excluding hydrogens is 312 g/mol. The molecule has 0 bridgehead atoms. The van der Waals surface area contributed by atoms with Gasteiger partial charge in [0.25, 0.3) is 10.1 Å². The predicted octanol–water partition coefficient (Wildman–Crippen LogP) is 3.63. The molecule has 2 saturated carbocycles. The van der Waals surface area contributed by atoms with E-state index in [1.165, 1.54) is 0 Å². The van der Waals surface area contributed by atoms with Crippen molar-refractivity contribution in [2.24, 2.45) is 11.3 Å². The molecule has 0 aliphatic heterocycles. The Morgan fingerprint density at radius 2 is 1.87 bits per heavy atom. The first-order chi connectivity index (χ1) is 10.8. The van der Waals surface area contributed by atoms with Crippen LogP contribution in [0.25, 0.3) is 0 Å². The Labute approximate surface area is 138 Å². The minimum atomic E-state index is -3.76. The lowest BCUT2D eigenvalue weighted by atomic mass is 9.59. The Balaban J connectivity index is 1.83. The van der Waals surface area contributed by atoms with Crippen LogP contribution in [-0.4, -0.2) is 20.3 Å². The van der Waals surface area contributed by atoms with Crippen LogP contribution in [0.2, 0.25) is 0 Å². The highest BCUT2D eigenvalue weighted by atomic mass is 32.2. The number of ketones is 1. The third-order valence-corrected chi connectivity index (χ3v) is 6.99. The van der Waals surface area contributed by atoms with Gasteiger partial charge < -0.3 is 0 Å². The van der Waals surface area contributed by atoms with Crippen molar-refractivity contribution in [1.29, 1.82) is 0 Å². The van der Waals surface area contributed by atoms with Gasteiger partial charge in [0.1, 0.15) is 5.78 Å². The third-order valence-electron chi connectivity index (χ3n) is 5.66. The first-order valence-electron chi connectivity index (χ1n) is 8.33. The summed E-state index contributed by atoms with van der Waals surface area (Å²) in [6.45, 7) is 4.02. The number of fused-ring (bicyclic) bond motifs is 1. The van der Waals surface area contributed by atoms with Gasteiger partial charge in [0, 0.05) is 12.8 Å². The molecule has 126 valence electrons. The zero-order valence-electron chi connectivity index (χ0n) is 13.7. The Morgan fingerprint density at radius 1 is 1.17 bits per heavy atom. The lowest BCUT2D eigenvalue weighted by molar-refractivity contribution is -0.130. The van der Waals surface area contributed by atoms with Gasteiger partial charge in [-0.2, -0.15) is 8.42 Å². The summed E-state index contributed by atoms with van der Waals surface area (Å²) >= 11 is 0. The van der Waals surface area contributed by atoms with E-state index in [1.807, 2.05) is 6.92 Å². The number of rotatable bonds is 3. The second-order valence-electron chi connectivity index (χ2n) is 7.23. The van der Waals surface area contributed by atoms with Crippen molar-refractivity contribution in [2.45, 2.75) is 63.4 Å². The highest BCUT2D eigenvalue weighted by molar-refractivity contribution is 7.86. The maximum atomic E-state index is 12.6. The monoisotopic (exact) mass is 336 g/mol. The molecule has 0 amide bonds. The first kappa shape index (κ1) is 16.7. The molecule has 0 aromatic heterocycles. The SMILES string of the molecule is Cc1ccc(S(=O)(=O)O[C@@H]2CCC[C@H]3CC(=O)CC[C@@]32C)cc1. The molecule has 0 N–H and O–H groups in total. The molecule has 0 spiro atoms. The minimum Gasteiger partial charge on any atom is -0.300 e. The van der Waals surface area contributed by atoms with Crippen LogP contribution in [-0.2, 0) is 19.1 Å². The fourth-order valence-electron chi connectivity index (χ4n) is 4.03. The summed E-state index contributed by atoms with van der Waals surface area (Å²) in [7, 11) is -3.76. The van der Waals surface area contributed by atoms with Gasteiger partial charge in [-0.25, -0.2) is 0 Å². The summed E-state index contributed by atoms with van der Waals surface area (Å²) < 4.78 is 30.9. The van der Waals surface area contributed by atoms with Gasteiger partial charge in [-0.1, -0.05) is 31.0 Å². The van der Waals surface area contributed by atoms with E-state index in [9.17, 15) is 13.2 Å². The van der Waals surface area contributed by atoms with E-state index >= 15 is 0 Å². The van der Waals surface area contributed by atoms with Crippen molar-refractivity contribution >= 4 is 15.9 Å². The van der Waals surface area contributed by atoms with Gasteiger partial charge in [0.15, 0.2) is 0 Å². The number of Topliss-reactive ketones (excluding diaryl/α,β-unsaturated/α-hetero) is 1. The van der Waals surface area contributed by atoms with Gasteiger partial charge in [0.2, 0.25) is 0 Å². The topological polar surface area (TPSA) is 60.4 Å². The summed E-state index contributed by atoms with van der Waals surface area (Å²) in [5, 5.41) is 0. The van der Waals surface area contributed by atoms with Crippen molar-refractivity contribution in [3.63, 3.8) is 0 Å². The Hall–Kier alpha value is -1.20. The molecule has 3 rings (SSSR count). The summed E-state index contributed by atoms with van der Waals surface area (Å²) in [5.74, 6) is 0.547. The van der Waals surface area contributed by atoms with Crippen molar-refractivity contribution in [2.75, 3.05) is 0 Å². The predicted molar refractivity (Wildman–Crippen MR) is 87.5 cm³/mol. The van der Waals surface area contributed by atoms with Crippen LogP contribution in [0.1, 0.15) is 51.0 Å². The lowest BCUT2D eigenvalue weighted by Crippen LogP contribution is -2.48. The molecule has 0 heterocycles. The van der Waals surface area contributed by atoms with Gasteiger partial charge in [-0.3, -0.25) is 8.98 Å². The highest BCUT2D eigenvalue weighted by Crippen LogP contribution is 2.51. The molecular formula is C18H24O4S. The number of carbonyl (C=O) groups excluding carboxylic acids is 1. The maximum absolute atomic E-state index is 12.6. The van der Waals surface area contributed by atoms with Crippen molar-refractivity contribution < 1.29 is 17.4 Å². The molecule has 0 radical (unpaired) electrons. The molecule has 3 atom stereocenters. The van der Waals surface area contributed by atoms with E-state index in [0.29, 0.717) is 18.6 Å². The van der Waals surface area contributed by atoms with Gasteiger partial charge >= 0.3 is 0 Å². The largest absolute Gasteiger partial charge is 0.300 e. The second kappa shape index (κ2) is 6.02. The third kappa shape index (κ3) is 3.22. The first-order valence-corrected chi connectivity index (χ1v) is 9.74. The molecule has 0 saturated heterocycles. The van der Waals surface area contributed by atoms with Gasteiger partial charge in [-0.05, 0) is 49.7 Å². The van der Waals surface area contributed by atoms with E-state index < -0.39 is 10.1 Å². The Bertz CT molecular complexity index is 692. The average Bonchev–Trinajstić information content (AvgIpc) is 2.49. The van der Waals surface area contributed by atoms with E-state index in [1.54, 1.807) is 24.3 Å². The van der Waals surface area contributed by atoms with E-state index in [4.69, 9.17) is 4.18 Å². The number of carbonyl (C=O) groups is 1. The normalized spacial score (nSPS) is 31.7. The second-order valence-corrected chi connectivity index (χ2v) is 8.80. The lowest BCUT2D eigenvalue weighted by Gasteiger charge is -2.49. The molecule has 23 heavy (non-hydrogen) atoms. The fourth-order valence-corrected chi connectivity index (χ4v) is 5.23. The fraction of sp³-hybridized carbons (Fsp3) is 0.611. The Morgan fingerprint density at radius 3 is 2.57 bits per heavy atom. The summed E-state index contributed by atoms with van der Waals surface area (Å²) in [6.07, 6.45) is 4.16. The van der Waals surface area contributed by atoms with Crippen LogP contribution < -0.4 is 0 Å². The van der Waals surface area contributed by atoms with E-state index in [-0.39, 0.29) is 22.3 Å². The zero-order chi connectivity index (χ0) is 16.7. The van der Waals surface area contributed by atoms with Crippen molar-refractivity contribution in [3.05, 3.63) is 29.8 Å². The van der Waals surface area contributed by atoms with Crippen molar-refractivity contribution in [3.8, 4) is 0 Å². The minimum absolute atomic E-state index is 0.209. The number of aryl methyl sites for hydroxylation is 1. The van der Waals surface area contributed by atoms with E-state index in [2.05, 4.69) is 6.92 Å². The van der Waals surface area contributed by atoms with E-state index in [0.717, 1.165) is 31.2 Å². The molecule has 5 heteroatoms. The average molecular weight is 336 g/mol. The van der Waals surface area contributed by atoms with Crippen LogP contribution in [0.3, 0.4) is 0 Å². The zero-order valence-corrected chi connectivity index (χ0v) is 14.6. The highest BCUT2D eigenvalue weighted by Gasteiger charge is 2.49. The molecule has 0 unspecified atom stereocenters. The molecule has 4 nitrogen and oxygen atoms in total. The summed E-state index contributed by atoms with van der Waals surface area (Å²) in [5.41, 5.74) is 0.795. The van der Waals surface area contributed by atoms with Crippen LogP contribution in [0.5, 0.6) is 0 Å². The van der Waals surface area contributed by atoms with Crippen LogP contribution in [0.15, 0.2) is 29.2 Å². The maximum Gasteiger partial charge on any atom is 0.297 e. The molecule has 2 aliphatic rings. The van der Waals surface area contributed by atoms with Gasteiger partial charge in [0.05, 0.1) is 11.0 Å². The standard InChI is InChI=1S/C18H24O4S/c1-13-6-8-16(9-7-13)23(20,21)22-17-5-3-4-14-12-15(19)10-11-18(14,17)2/h6-9,14,17H,3-5,10-12H2,1-2H3/t14-,17+,18-/m0/s1. The molecule has 1 aromatic rings. The number of benzene rings is 1. The smallest absolute Gasteiger partial charge is 0.297 e. The Kier molecular flexibility index (Phi) is 4.36. The van der Waals surface area contributed by atoms with Crippen LogP contribution >= 0.6 is 0 Å². The van der Waals surface area contributed by atoms with Crippen molar-refractivity contribution in [1.82, 2.24) is 0 Å². The molecule has 2 fully saturated rings. The summed E-state index contributed by atoms with van der Waals surface area (Å²) in [4.78, 5) is 12.0. The van der Waals surface area contributed by atoms with Crippen LogP contribution in [0.4, 0.5) is 0 Å².